The van der Waals surface area contributed by atoms with Gasteiger partial charge in [0.05, 0.1) is 5.56 Å². The molecule has 1 aliphatic rings. The molecule has 1 aliphatic heterocycles. The molecule has 5 heteroatoms. The Morgan fingerprint density at radius 1 is 1.03 bits per heavy atom. The smallest absolute Gasteiger partial charge is 0.340 e. The van der Waals surface area contributed by atoms with Gasteiger partial charge in [0.15, 0.2) is 6.10 Å². The van der Waals surface area contributed by atoms with E-state index in [0.29, 0.717) is 5.56 Å². The van der Waals surface area contributed by atoms with E-state index in [-0.39, 0.29) is 11.9 Å². The summed E-state index contributed by atoms with van der Waals surface area (Å²) < 4.78 is 7.66. The van der Waals surface area contributed by atoms with Crippen molar-refractivity contribution < 1.29 is 14.3 Å². The Bertz CT molecular complexity index is 1140. The lowest BCUT2D eigenvalue weighted by molar-refractivity contribution is -0.126. The molecule has 160 valence electrons. The van der Waals surface area contributed by atoms with Gasteiger partial charge in [-0.2, -0.15) is 0 Å². The van der Waals surface area contributed by atoms with Gasteiger partial charge in [-0.15, -0.1) is 0 Å². The molecule has 0 bridgehead atoms. The zero-order valence-electron chi connectivity index (χ0n) is 18.7. The predicted octanol–water partition coefficient (Wildman–Crippen LogP) is 4.93. The van der Waals surface area contributed by atoms with Crippen molar-refractivity contribution in [3.8, 4) is 5.69 Å². The average molecular weight is 417 g/mol. The van der Waals surface area contributed by atoms with E-state index in [0.717, 1.165) is 34.7 Å². The topological polar surface area (TPSA) is 51.5 Å². The van der Waals surface area contributed by atoms with Crippen LogP contribution in [0.15, 0.2) is 54.6 Å². The van der Waals surface area contributed by atoms with Crippen LogP contribution in [0.3, 0.4) is 0 Å². The van der Waals surface area contributed by atoms with E-state index >= 15 is 0 Å². The summed E-state index contributed by atoms with van der Waals surface area (Å²) in [5, 5.41) is 0. The summed E-state index contributed by atoms with van der Waals surface area (Å²) in [6.45, 7) is 9.56. The van der Waals surface area contributed by atoms with Crippen LogP contribution in [0.5, 0.6) is 0 Å². The van der Waals surface area contributed by atoms with Crippen LogP contribution in [0.1, 0.15) is 46.7 Å². The fraction of sp³-hybridized carbons (Fsp3) is 0.308. The third-order valence-electron chi connectivity index (χ3n) is 6.02. The third-order valence-corrected chi connectivity index (χ3v) is 6.02. The maximum atomic E-state index is 13.1. The third kappa shape index (κ3) is 3.76. The van der Waals surface area contributed by atoms with E-state index in [4.69, 9.17) is 4.74 Å². The Labute approximate surface area is 183 Å². The molecule has 0 spiro atoms. The number of carbonyl (C=O) groups is 2. The van der Waals surface area contributed by atoms with Gasteiger partial charge in [0, 0.05) is 28.8 Å². The molecule has 0 saturated carbocycles. The molecule has 0 fully saturated rings. The van der Waals surface area contributed by atoms with Crippen LogP contribution in [0.25, 0.3) is 5.69 Å². The van der Waals surface area contributed by atoms with Crippen LogP contribution < -0.4 is 4.90 Å². The van der Waals surface area contributed by atoms with Crippen molar-refractivity contribution in [2.75, 3.05) is 4.90 Å². The maximum absolute atomic E-state index is 13.1. The Balaban J connectivity index is 1.54. The molecular weight excluding hydrogens is 388 g/mol. The number of para-hydroxylation sites is 1. The van der Waals surface area contributed by atoms with Crippen molar-refractivity contribution in [3.63, 3.8) is 0 Å². The highest BCUT2D eigenvalue weighted by Crippen LogP contribution is 2.32. The lowest BCUT2D eigenvalue weighted by Gasteiger charge is -2.26. The van der Waals surface area contributed by atoms with E-state index in [2.05, 4.69) is 0 Å². The van der Waals surface area contributed by atoms with Gasteiger partial charge >= 0.3 is 5.97 Å². The van der Waals surface area contributed by atoms with E-state index in [1.54, 1.807) is 11.8 Å². The van der Waals surface area contributed by atoms with Crippen LogP contribution >= 0.6 is 0 Å². The number of rotatable bonds is 4. The molecule has 0 N–H and O–H groups in total. The number of benzene rings is 2. The summed E-state index contributed by atoms with van der Waals surface area (Å²) >= 11 is 0. The van der Waals surface area contributed by atoms with Gasteiger partial charge in [0.25, 0.3) is 5.91 Å². The first-order chi connectivity index (χ1) is 14.8. The monoisotopic (exact) mass is 416 g/mol. The average Bonchev–Trinajstić information content (AvgIpc) is 3.23. The zero-order chi connectivity index (χ0) is 22.3. The van der Waals surface area contributed by atoms with Gasteiger partial charge in [-0.25, -0.2) is 4.79 Å². The van der Waals surface area contributed by atoms with Crippen LogP contribution in [-0.2, 0) is 16.0 Å². The highest BCUT2D eigenvalue weighted by molar-refractivity contribution is 6.01. The second kappa shape index (κ2) is 8.06. The fourth-order valence-corrected chi connectivity index (χ4v) is 4.43. The van der Waals surface area contributed by atoms with E-state index < -0.39 is 12.1 Å². The summed E-state index contributed by atoms with van der Waals surface area (Å²) in [7, 11) is 0. The molecule has 2 atom stereocenters. The van der Waals surface area contributed by atoms with Gasteiger partial charge in [0.1, 0.15) is 0 Å². The van der Waals surface area contributed by atoms with Crippen LogP contribution in [0.4, 0.5) is 5.69 Å². The van der Waals surface area contributed by atoms with Crippen molar-refractivity contribution in [2.45, 2.75) is 53.2 Å². The van der Waals surface area contributed by atoms with Gasteiger partial charge in [-0.1, -0.05) is 35.9 Å². The molecule has 4 rings (SSSR count). The van der Waals surface area contributed by atoms with E-state index in [9.17, 15) is 9.59 Å². The maximum Gasteiger partial charge on any atom is 0.340 e. The molecule has 5 nitrogen and oxygen atoms in total. The minimum Gasteiger partial charge on any atom is -0.449 e. The molecule has 1 aromatic heterocycles. The number of ether oxygens (including phenoxy) is 1. The molecule has 0 unspecified atom stereocenters. The minimum atomic E-state index is -0.872. The normalized spacial score (nSPS) is 16.2. The summed E-state index contributed by atoms with van der Waals surface area (Å²) in [6, 6.07) is 17.9. The Morgan fingerprint density at radius 2 is 1.71 bits per heavy atom. The number of anilines is 1. The van der Waals surface area contributed by atoms with Gasteiger partial charge < -0.3 is 14.2 Å². The van der Waals surface area contributed by atoms with E-state index in [1.165, 1.54) is 5.56 Å². The highest BCUT2D eigenvalue weighted by atomic mass is 16.5. The van der Waals surface area contributed by atoms with Crippen LogP contribution in [-0.4, -0.2) is 28.6 Å². The number of fused-ring (bicyclic) bond motifs is 1. The summed E-state index contributed by atoms with van der Waals surface area (Å²) in [5.41, 5.74) is 6.43. The number of hydrogen-bond acceptors (Lipinski definition) is 3. The SMILES string of the molecule is Cc1ccc(-n2c(C)cc(C(=O)O[C@@H](C)C(=O)N3c4ccccc4C[C@@H]3C)c2C)cc1. The Kier molecular flexibility index (Phi) is 5.44. The first-order valence-electron chi connectivity index (χ1n) is 10.7. The first kappa shape index (κ1) is 20.9. The molecular formula is C26H28N2O3. The molecule has 0 radical (unpaired) electrons. The zero-order valence-corrected chi connectivity index (χ0v) is 18.7. The predicted molar refractivity (Wildman–Crippen MR) is 122 cm³/mol. The van der Waals surface area contributed by atoms with Crippen LogP contribution in [0.2, 0.25) is 0 Å². The van der Waals surface area contributed by atoms with Crippen LogP contribution in [0, 0.1) is 20.8 Å². The van der Waals surface area contributed by atoms with Gasteiger partial charge in [0.2, 0.25) is 0 Å². The van der Waals surface area contributed by atoms with Crippen molar-refractivity contribution in [3.05, 3.63) is 82.7 Å². The summed E-state index contributed by atoms with van der Waals surface area (Å²) in [6.07, 6.45) is -0.0659. The lowest BCUT2D eigenvalue weighted by Crippen LogP contribution is -2.43. The second-order valence-electron chi connectivity index (χ2n) is 8.39. The number of amides is 1. The van der Waals surface area contributed by atoms with Gasteiger partial charge in [-0.3, -0.25) is 4.79 Å². The molecule has 0 aliphatic carbocycles. The minimum absolute atomic E-state index is 0.0395. The largest absolute Gasteiger partial charge is 0.449 e. The van der Waals surface area contributed by atoms with E-state index in [1.807, 2.05) is 86.9 Å². The second-order valence-corrected chi connectivity index (χ2v) is 8.39. The van der Waals surface area contributed by atoms with Gasteiger partial charge in [-0.05, 0) is 70.9 Å². The molecule has 31 heavy (non-hydrogen) atoms. The lowest BCUT2D eigenvalue weighted by atomic mass is 10.1. The molecule has 2 aromatic carbocycles. The Morgan fingerprint density at radius 3 is 2.42 bits per heavy atom. The number of hydrogen-bond donors (Lipinski definition) is 0. The Hall–Kier alpha value is -3.34. The number of aromatic nitrogens is 1. The molecule has 3 aromatic rings. The molecule has 0 saturated heterocycles. The van der Waals surface area contributed by atoms with Crippen molar-refractivity contribution in [2.24, 2.45) is 0 Å². The molecule has 1 amide bonds. The number of carbonyl (C=O) groups excluding carboxylic acids is 2. The number of esters is 1. The number of nitrogens with zero attached hydrogens (tertiary/aromatic N) is 2. The summed E-state index contributed by atoms with van der Waals surface area (Å²) in [5.74, 6) is -0.675. The standard InChI is InChI=1S/C26H28N2O3/c1-16-10-12-22(13-11-16)27-18(3)15-23(19(27)4)26(30)31-20(5)25(29)28-17(2)14-21-8-6-7-9-24(21)28/h6-13,15,17,20H,14H2,1-5H3/t17-,20-/m0/s1. The fourth-order valence-electron chi connectivity index (χ4n) is 4.43. The summed E-state index contributed by atoms with van der Waals surface area (Å²) in [4.78, 5) is 27.9. The first-order valence-corrected chi connectivity index (χ1v) is 10.7. The van der Waals surface area contributed by atoms with Crippen molar-refractivity contribution in [1.29, 1.82) is 0 Å². The van der Waals surface area contributed by atoms with Crippen molar-refractivity contribution >= 4 is 17.6 Å². The number of aryl methyl sites for hydroxylation is 2. The quantitative estimate of drug-likeness (QED) is 0.567. The van der Waals surface area contributed by atoms with Crippen molar-refractivity contribution in [1.82, 2.24) is 4.57 Å². The molecule has 2 heterocycles. The highest BCUT2D eigenvalue weighted by Gasteiger charge is 2.35.